The van der Waals surface area contributed by atoms with E-state index in [-0.39, 0.29) is 18.6 Å². The number of hydrogen-bond acceptors (Lipinski definition) is 3. The van der Waals surface area contributed by atoms with Gasteiger partial charge in [-0.15, -0.1) is 0 Å². The molecular formula is C21H30N2O3. The number of nitrogens with one attached hydrogen (secondary N) is 1. The maximum absolute atomic E-state index is 12.9. The minimum absolute atomic E-state index is 0.0246. The van der Waals surface area contributed by atoms with Crippen molar-refractivity contribution in [1.29, 1.82) is 0 Å². The average Bonchev–Trinajstić information content (AvgIpc) is 2.65. The maximum Gasteiger partial charge on any atom is 0.333 e. The second kappa shape index (κ2) is 8.88. The second-order valence-electron chi connectivity index (χ2n) is 7.33. The van der Waals surface area contributed by atoms with Crippen molar-refractivity contribution in [3.05, 3.63) is 48.0 Å². The van der Waals surface area contributed by atoms with Crippen molar-refractivity contribution in [2.45, 2.75) is 45.6 Å². The molecule has 0 spiro atoms. The highest BCUT2D eigenvalue weighted by atomic mass is 16.5. The SMILES string of the molecule is C=C(C)C(=O)OCC(NC(=O)N1CCCCC1)(c1ccccc1)C(C)C. The van der Waals surface area contributed by atoms with Gasteiger partial charge in [-0.2, -0.15) is 0 Å². The quantitative estimate of drug-likeness (QED) is 0.621. The van der Waals surface area contributed by atoms with Crippen LogP contribution >= 0.6 is 0 Å². The molecule has 1 aliphatic rings. The number of ether oxygens (including phenoxy) is 1. The highest BCUT2D eigenvalue weighted by molar-refractivity contribution is 5.87. The summed E-state index contributed by atoms with van der Waals surface area (Å²) in [6.07, 6.45) is 3.21. The van der Waals surface area contributed by atoms with Gasteiger partial charge in [-0.3, -0.25) is 0 Å². The molecule has 5 heteroatoms. The predicted octanol–water partition coefficient (Wildman–Crippen LogP) is 3.85. The molecule has 1 saturated heterocycles. The Balaban J connectivity index is 2.30. The lowest BCUT2D eigenvalue weighted by molar-refractivity contribution is -0.142. The Morgan fingerprint density at radius 2 is 1.81 bits per heavy atom. The smallest absolute Gasteiger partial charge is 0.333 e. The van der Waals surface area contributed by atoms with Gasteiger partial charge < -0.3 is 15.0 Å². The van der Waals surface area contributed by atoms with Gasteiger partial charge in [-0.05, 0) is 37.7 Å². The third-order valence-electron chi connectivity index (χ3n) is 5.03. The summed E-state index contributed by atoms with van der Waals surface area (Å²) in [5.41, 5.74) is 0.480. The van der Waals surface area contributed by atoms with Crippen LogP contribution in [0, 0.1) is 5.92 Å². The summed E-state index contributed by atoms with van der Waals surface area (Å²) in [5.74, 6) is -0.422. The number of esters is 1. The molecule has 1 aliphatic heterocycles. The Kier molecular flexibility index (Phi) is 6.83. The predicted molar refractivity (Wildman–Crippen MR) is 103 cm³/mol. The molecule has 0 bridgehead atoms. The molecule has 1 heterocycles. The number of carbonyl (C=O) groups is 2. The summed E-state index contributed by atoms with van der Waals surface area (Å²) >= 11 is 0. The van der Waals surface area contributed by atoms with Gasteiger partial charge in [0.1, 0.15) is 12.1 Å². The Bertz CT molecular complexity index is 636. The van der Waals surface area contributed by atoms with Gasteiger partial charge >= 0.3 is 12.0 Å². The van der Waals surface area contributed by atoms with Crippen LogP contribution in [-0.2, 0) is 15.1 Å². The molecule has 0 radical (unpaired) electrons. The van der Waals surface area contributed by atoms with Crippen LogP contribution in [0.5, 0.6) is 0 Å². The molecule has 2 rings (SSSR count). The summed E-state index contributed by atoms with van der Waals surface area (Å²) in [6, 6.07) is 9.62. The fourth-order valence-corrected chi connectivity index (χ4v) is 3.24. The van der Waals surface area contributed by atoms with Crippen LogP contribution in [0.2, 0.25) is 0 Å². The zero-order valence-electron chi connectivity index (χ0n) is 16.1. The number of nitrogens with zero attached hydrogens (tertiary/aromatic N) is 1. The molecular weight excluding hydrogens is 328 g/mol. The standard InChI is InChI=1S/C21H30N2O3/c1-16(2)19(24)26-15-21(17(3)4,18-11-7-5-8-12-18)22-20(25)23-13-9-6-10-14-23/h5,7-8,11-12,17H,1,6,9-10,13-15H2,2-4H3,(H,22,25). The maximum atomic E-state index is 12.9. The molecule has 142 valence electrons. The van der Waals surface area contributed by atoms with Gasteiger partial charge in [0.25, 0.3) is 0 Å². The molecule has 1 aromatic rings. The lowest BCUT2D eigenvalue weighted by Gasteiger charge is -2.40. The third kappa shape index (κ3) is 4.65. The second-order valence-corrected chi connectivity index (χ2v) is 7.33. The van der Waals surface area contributed by atoms with Crippen LogP contribution in [0.1, 0.15) is 45.6 Å². The normalized spacial score (nSPS) is 16.7. The fourth-order valence-electron chi connectivity index (χ4n) is 3.24. The van der Waals surface area contributed by atoms with E-state index in [4.69, 9.17) is 4.74 Å². The first-order valence-electron chi connectivity index (χ1n) is 9.32. The lowest BCUT2D eigenvalue weighted by atomic mass is 9.80. The zero-order chi connectivity index (χ0) is 19.2. The Hall–Kier alpha value is -2.30. The molecule has 0 saturated carbocycles. The van der Waals surface area contributed by atoms with Crippen molar-refractivity contribution in [3.8, 4) is 0 Å². The molecule has 1 aromatic carbocycles. The third-order valence-corrected chi connectivity index (χ3v) is 5.03. The summed E-state index contributed by atoms with van der Waals surface area (Å²) in [4.78, 5) is 26.8. The van der Waals surface area contributed by atoms with Crippen LogP contribution < -0.4 is 5.32 Å². The molecule has 1 unspecified atom stereocenters. The van der Waals surface area contributed by atoms with Gasteiger partial charge in [0.05, 0.1) is 0 Å². The van der Waals surface area contributed by atoms with Gasteiger partial charge in [0.15, 0.2) is 0 Å². The van der Waals surface area contributed by atoms with Gasteiger partial charge in [0, 0.05) is 18.7 Å². The van der Waals surface area contributed by atoms with Crippen molar-refractivity contribution in [2.24, 2.45) is 5.92 Å². The van der Waals surface area contributed by atoms with E-state index in [2.05, 4.69) is 11.9 Å². The van der Waals surface area contributed by atoms with E-state index in [9.17, 15) is 9.59 Å². The van der Waals surface area contributed by atoms with Crippen molar-refractivity contribution in [2.75, 3.05) is 19.7 Å². The van der Waals surface area contributed by atoms with E-state index >= 15 is 0 Å². The first-order chi connectivity index (χ1) is 12.4. The van der Waals surface area contributed by atoms with E-state index in [1.54, 1.807) is 6.92 Å². The minimum Gasteiger partial charge on any atom is -0.459 e. The van der Waals surface area contributed by atoms with Crippen LogP contribution in [0.15, 0.2) is 42.5 Å². The summed E-state index contributed by atoms with van der Waals surface area (Å²) in [6.45, 7) is 10.9. The van der Waals surface area contributed by atoms with Crippen molar-refractivity contribution >= 4 is 12.0 Å². The molecule has 2 amide bonds. The van der Waals surface area contributed by atoms with Crippen LogP contribution in [0.25, 0.3) is 0 Å². The fraction of sp³-hybridized carbons (Fsp3) is 0.524. The number of urea groups is 1. The number of carbonyl (C=O) groups excluding carboxylic acids is 2. The number of rotatable bonds is 6. The molecule has 1 N–H and O–H groups in total. The van der Waals surface area contributed by atoms with E-state index < -0.39 is 11.5 Å². The van der Waals surface area contributed by atoms with E-state index in [1.165, 1.54) is 0 Å². The van der Waals surface area contributed by atoms with Crippen molar-refractivity contribution in [3.63, 3.8) is 0 Å². The Morgan fingerprint density at radius 1 is 1.19 bits per heavy atom. The molecule has 0 aromatic heterocycles. The van der Waals surface area contributed by atoms with Crippen LogP contribution in [0.3, 0.4) is 0 Å². The monoisotopic (exact) mass is 358 g/mol. The topological polar surface area (TPSA) is 58.6 Å². The number of hydrogen-bond donors (Lipinski definition) is 1. The highest BCUT2D eigenvalue weighted by Crippen LogP contribution is 2.31. The van der Waals surface area contributed by atoms with Crippen molar-refractivity contribution in [1.82, 2.24) is 10.2 Å². The highest BCUT2D eigenvalue weighted by Gasteiger charge is 2.40. The molecule has 1 atom stereocenters. The number of benzene rings is 1. The first-order valence-corrected chi connectivity index (χ1v) is 9.32. The van der Waals surface area contributed by atoms with Crippen molar-refractivity contribution < 1.29 is 14.3 Å². The number of likely N-dealkylation sites (tertiary alicyclic amines) is 1. The van der Waals surface area contributed by atoms with Gasteiger partial charge in [-0.25, -0.2) is 9.59 Å². The molecule has 26 heavy (non-hydrogen) atoms. The summed E-state index contributed by atoms with van der Waals surface area (Å²) in [7, 11) is 0. The summed E-state index contributed by atoms with van der Waals surface area (Å²) in [5, 5.41) is 3.19. The molecule has 1 fully saturated rings. The van der Waals surface area contributed by atoms with Gasteiger partial charge in [0.2, 0.25) is 0 Å². The zero-order valence-corrected chi connectivity index (χ0v) is 16.1. The van der Waals surface area contributed by atoms with Gasteiger partial charge in [-0.1, -0.05) is 50.8 Å². The van der Waals surface area contributed by atoms with E-state index in [0.717, 1.165) is 37.9 Å². The van der Waals surface area contributed by atoms with Crippen LogP contribution in [-0.4, -0.2) is 36.6 Å². The minimum atomic E-state index is -0.791. The first kappa shape index (κ1) is 20.0. The Morgan fingerprint density at radius 3 is 2.35 bits per heavy atom. The van der Waals surface area contributed by atoms with E-state index in [0.29, 0.717) is 5.57 Å². The largest absolute Gasteiger partial charge is 0.459 e. The van der Waals surface area contributed by atoms with Crippen LogP contribution in [0.4, 0.5) is 4.79 Å². The number of amides is 2. The average molecular weight is 358 g/mol. The summed E-state index contributed by atoms with van der Waals surface area (Å²) < 4.78 is 5.50. The molecule has 0 aliphatic carbocycles. The Labute approximate surface area is 156 Å². The number of piperidine rings is 1. The molecule has 5 nitrogen and oxygen atoms in total. The van der Waals surface area contributed by atoms with E-state index in [1.807, 2.05) is 49.1 Å². The lowest BCUT2D eigenvalue weighted by Crippen LogP contribution is -2.57.